The number of hydrogen-bond donors (Lipinski definition) is 2. The first-order valence-corrected chi connectivity index (χ1v) is 9.69. The summed E-state index contributed by atoms with van der Waals surface area (Å²) in [6.07, 6.45) is 0. The Labute approximate surface area is 165 Å². The molecule has 0 bridgehead atoms. The Morgan fingerprint density at radius 1 is 1.15 bits per heavy atom. The van der Waals surface area contributed by atoms with Gasteiger partial charge in [0.05, 0.1) is 13.2 Å². The van der Waals surface area contributed by atoms with Crippen molar-refractivity contribution in [2.75, 3.05) is 32.7 Å². The Kier molecular flexibility index (Phi) is 6.08. The van der Waals surface area contributed by atoms with Crippen LogP contribution in [0.15, 0.2) is 30.3 Å². The van der Waals surface area contributed by atoms with Crippen LogP contribution in [0.1, 0.15) is 20.8 Å². The minimum atomic E-state index is -0.188. The van der Waals surface area contributed by atoms with E-state index in [-0.39, 0.29) is 11.4 Å². The molecule has 1 amide bonds. The van der Waals surface area contributed by atoms with E-state index in [1.807, 2.05) is 55.8 Å². The summed E-state index contributed by atoms with van der Waals surface area (Å²) in [6, 6.07) is 9.98. The molecule has 27 heavy (non-hydrogen) atoms. The van der Waals surface area contributed by atoms with E-state index in [9.17, 15) is 4.79 Å². The van der Waals surface area contributed by atoms with Gasteiger partial charge in [-0.1, -0.05) is 30.3 Å². The van der Waals surface area contributed by atoms with Crippen molar-refractivity contribution < 1.29 is 4.79 Å². The number of carbonyl (C=O) groups is 1. The van der Waals surface area contributed by atoms with Crippen LogP contribution in [-0.2, 0) is 11.5 Å². The van der Waals surface area contributed by atoms with E-state index < -0.39 is 0 Å². The molecule has 7 nitrogen and oxygen atoms in total. The molecular formula is C19H28N6OS. The predicted molar refractivity (Wildman–Crippen MR) is 109 cm³/mol. The maximum atomic E-state index is 12.1. The van der Waals surface area contributed by atoms with Gasteiger partial charge >= 0.3 is 0 Å². The van der Waals surface area contributed by atoms with Gasteiger partial charge in [-0.05, 0) is 33.0 Å². The molecule has 0 radical (unpaired) electrons. The molecule has 2 heterocycles. The van der Waals surface area contributed by atoms with E-state index >= 15 is 0 Å². The number of carbonyl (C=O) groups excluding carboxylic acids is 1. The molecule has 1 aromatic heterocycles. The SMILES string of the molecule is CC(C)(C)NC(=O)CN1CCN(Cn2[nH]c(-c3ccccc3)nc2=S)CC1. The normalized spacial score (nSPS) is 16.4. The molecule has 0 atom stereocenters. The Morgan fingerprint density at radius 3 is 2.41 bits per heavy atom. The third-order valence-corrected chi connectivity index (χ3v) is 4.73. The van der Waals surface area contributed by atoms with E-state index in [1.54, 1.807) is 0 Å². The van der Waals surface area contributed by atoms with E-state index in [1.165, 1.54) is 0 Å². The zero-order valence-electron chi connectivity index (χ0n) is 16.2. The summed E-state index contributed by atoms with van der Waals surface area (Å²) >= 11 is 5.40. The standard InChI is InChI=1S/C19H28N6OS/c1-19(2,3)21-16(26)13-23-9-11-24(12-10-23)14-25-18(27)20-17(22-25)15-7-5-4-6-8-15/h4-8H,9-14H2,1-3H3,(H,21,26)(H,20,22,27). The second-order valence-corrected chi connectivity index (χ2v) is 8.35. The Hall–Kier alpha value is -2.03. The van der Waals surface area contributed by atoms with Gasteiger partial charge < -0.3 is 5.32 Å². The molecule has 1 aliphatic rings. The summed E-state index contributed by atoms with van der Waals surface area (Å²) in [7, 11) is 0. The maximum Gasteiger partial charge on any atom is 0.234 e. The average Bonchev–Trinajstić information content (AvgIpc) is 2.96. The summed E-state index contributed by atoms with van der Waals surface area (Å²) in [5, 5.41) is 6.31. The van der Waals surface area contributed by atoms with E-state index in [0.29, 0.717) is 18.0 Å². The van der Waals surface area contributed by atoms with Crippen LogP contribution < -0.4 is 5.32 Å². The summed E-state index contributed by atoms with van der Waals surface area (Å²) in [6.45, 7) is 10.7. The zero-order chi connectivity index (χ0) is 19.4. The second-order valence-electron chi connectivity index (χ2n) is 7.98. The van der Waals surface area contributed by atoms with Gasteiger partial charge in [0.25, 0.3) is 0 Å². The number of amides is 1. The van der Waals surface area contributed by atoms with Crippen LogP contribution in [0.3, 0.4) is 0 Å². The number of nitrogens with one attached hydrogen (secondary N) is 2. The van der Waals surface area contributed by atoms with Gasteiger partial charge in [-0.25, -0.2) is 4.68 Å². The number of benzene rings is 1. The molecule has 1 aliphatic heterocycles. The summed E-state index contributed by atoms with van der Waals surface area (Å²) in [5.41, 5.74) is 0.837. The first kappa shape index (κ1) is 19.7. The fourth-order valence-corrected chi connectivity index (χ4v) is 3.32. The topological polar surface area (TPSA) is 69.2 Å². The quantitative estimate of drug-likeness (QED) is 0.768. The maximum absolute atomic E-state index is 12.1. The predicted octanol–water partition coefficient (Wildman–Crippen LogP) is 2.10. The number of piperazine rings is 1. The lowest BCUT2D eigenvalue weighted by Crippen LogP contribution is -2.51. The number of nitrogens with zero attached hydrogens (tertiary/aromatic N) is 4. The number of aromatic amines is 1. The molecular weight excluding hydrogens is 360 g/mol. The van der Waals surface area contributed by atoms with Crippen molar-refractivity contribution in [3.8, 4) is 11.4 Å². The lowest BCUT2D eigenvalue weighted by molar-refractivity contribution is -0.124. The van der Waals surface area contributed by atoms with Crippen molar-refractivity contribution >= 4 is 18.1 Å². The highest BCUT2D eigenvalue weighted by Gasteiger charge is 2.21. The van der Waals surface area contributed by atoms with Crippen LogP contribution >= 0.6 is 12.2 Å². The Morgan fingerprint density at radius 2 is 1.78 bits per heavy atom. The molecule has 0 unspecified atom stereocenters. The Bertz CT molecular complexity index is 815. The lowest BCUT2D eigenvalue weighted by Gasteiger charge is -2.34. The fraction of sp³-hybridized carbons (Fsp3) is 0.526. The third kappa shape index (κ3) is 5.72. The van der Waals surface area contributed by atoms with Crippen LogP contribution in [0.5, 0.6) is 0 Å². The molecule has 146 valence electrons. The van der Waals surface area contributed by atoms with Gasteiger partial charge in [0, 0.05) is 37.3 Å². The first-order valence-electron chi connectivity index (χ1n) is 9.28. The molecule has 1 fully saturated rings. The van der Waals surface area contributed by atoms with E-state index in [0.717, 1.165) is 37.6 Å². The number of hydrogen-bond acceptors (Lipinski definition) is 5. The van der Waals surface area contributed by atoms with Gasteiger partial charge in [0.15, 0.2) is 5.82 Å². The highest BCUT2D eigenvalue weighted by molar-refractivity contribution is 7.71. The second kappa shape index (κ2) is 8.33. The van der Waals surface area contributed by atoms with Crippen molar-refractivity contribution in [2.45, 2.75) is 33.0 Å². The van der Waals surface area contributed by atoms with Gasteiger partial charge in [-0.2, -0.15) is 4.98 Å². The molecule has 2 N–H and O–H groups in total. The highest BCUT2D eigenvalue weighted by atomic mass is 32.1. The number of aromatic nitrogens is 3. The van der Waals surface area contributed by atoms with Crippen molar-refractivity contribution in [1.82, 2.24) is 29.9 Å². The molecule has 0 spiro atoms. The zero-order valence-corrected chi connectivity index (χ0v) is 17.1. The molecule has 1 saturated heterocycles. The summed E-state index contributed by atoms with van der Waals surface area (Å²) in [4.78, 5) is 21.1. The van der Waals surface area contributed by atoms with E-state index in [2.05, 4.69) is 25.2 Å². The van der Waals surface area contributed by atoms with Crippen molar-refractivity contribution in [3.63, 3.8) is 0 Å². The van der Waals surface area contributed by atoms with Crippen LogP contribution in [-0.4, -0.2) is 68.7 Å². The van der Waals surface area contributed by atoms with E-state index in [4.69, 9.17) is 12.2 Å². The minimum Gasteiger partial charge on any atom is -0.350 e. The van der Waals surface area contributed by atoms with Crippen LogP contribution in [0.2, 0.25) is 0 Å². The van der Waals surface area contributed by atoms with Gasteiger partial charge in [-0.15, -0.1) is 0 Å². The Balaban J connectivity index is 1.52. The average molecular weight is 389 g/mol. The molecule has 8 heteroatoms. The molecule has 1 aromatic carbocycles. The monoisotopic (exact) mass is 388 g/mol. The lowest BCUT2D eigenvalue weighted by atomic mass is 10.1. The fourth-order valence-electron chi connectivity index (χ4n) is 3.13. The van der Waals surface area contributed by atoms with Gasteiger partial charge in [-0.3, -0.25) is 19.7 Å². The summed E-state index contributed by atoms with van der Waals surface area (Å²) < 4.78 is 2.46. The smallest absolute Gasteiger partial charge is 0.234 e. The summed E-state index contributed by atoms with van der Waals surface area (Å²) in [5.74, 6) is 0.873. The number of H-pyrrole nitrogens is 1. The minimum absolute atomic E-state index is 0.0826. The van der Waals surface area contributed by atoms with Gasteiger partial charge in [0.2, 0.25) is 10.7 Å². The van der Waals surface area contributed by atoms with Crippen LogP contribution in [0, 0.1) is 4.77 Å². The van der Waals surface area contributed by atoms with Crippen LogP contribution in [0.25, 0.3) is 11.4 Å². The first-order chi connectivity index (χ1) is 12.8. The van der Waals surface area contributed by atoms with Crippen molar-refractivity contribution in [2.24, 2.45) is 0 Å². The molecule has 3 rings (SSSR count). The highest BCUT2D eigenvalue weighted by Crippen LogP contribution is 2.14. The molecule has 2 aromatic rings. The largest absolute Gasteiger partial charge is 0.350 e. The van der Waals surface area contributed by atoms with Crippen molar-refractivity contribution in [1.29, 1.82) is 0 Å². The molecule has 0 saturated carbocycles. The van der Waals surface area contributed by atoms with Crippen LogP contribution in [0.4, 0.5) is 0 Å². The van der Waals surface area contributed by atoms with Gasteiger partial charge in [0.1, 0.15) is 0 Å². The van der Waals surface area contributed by atoms with Crippen molar-refractivity contribution in [3.05, 3.63) is 35.1 Å². The molecule has 0 aliphatic carbocycles. The number of rotatable bonds is 5. The third-order valence-electron chi connectivity index (χ3n) is 4.41.